The Balaban J connectivity index is 1.44. The number of carbonyl (C=O) groups is 3. The van der Waals surface area contributed by atoms with Gasteiger partial charge in [-0.3, -0.25) is 14.4 Å². The maximum absolute atomic E-state index is 14.4. The van der Waals surface area contributed by atoms with Gasteiger partial charge in [-0.2, -0.15) is 0 Å². The number of aliphatic hydroxyl groups excluding tert-OH is 1. The van der Waals surface area contributed by atoms with Crippen LogP contribution in [0.4, 0.5) is 5.69 Å². The van der Waals surface area contributed by atoms with Crippen LogP contribution < -0.4 is 4.90 Å². The van der Waals surface area contributed by atoms with Crippen LogP contribution in [0.15, 0.2) is 66.8 Å². The van der Waals surface area contributed by atoms with E-state index in [1.165, 1.54) is 0 Å². The summed E-state index contributed by atoms with van der Waals surface area (Å²) in [5.74, 6) is -2.08. The molecule has 8 heteroatoms. The summed E-state index contributed by atoms with van der Waals surface area (Å²) < 4.78 is 4.71. The minimum Gasteiger partial charge on any atom is -0.465 e. The van der Waals surface area contributed by atoms with E-state index in [4.69, 9.17) is 4.74 Å². The third-order valence-corrected chi connectivity index (χ3v) is 9.70. The summed E-state index contributed by atoms with van der Waals surface area (Å²) in [6.45, 7) is 0.871. The quantitative estimate of drug-likeness (QED) is 0.494. The highest BCUT2D eigenvalue weighted by molar-refractivity contribution is 8.02. The van der Waals surface area contributed by atoms with E-state index >= 15 is 0 Å². The molecule has 2 fully saturated rings. The number of cyclic esters (lactones) is 1. The first-order chi connectivity index (χ1) is 18.0. The molecule has 192 valence electrons. The Morgan fingerprint density at radius 2 is 1.89 bits per heavy atom. The molecule has 1 N–H and O–H groups in total. The molecule has 6 rings (SSSR count). The third kappa shape index (κ3) is 3.89. The number of aliphatic hydroxyl groups is 1. The van der Waals surface area contributed by atoms with Gasteiger partial charge in [-0.05, 0) is 42.2 Å². The van der Waals surface area contributed by atoms with Crippen LogP contribution in [0, 0.1) is 11.8 Å². The molecule has 0 aromatic heterocycles. The first-order valence-electron chi connectivity index (χ1n) is 13.0. The summed E-state index contributed by atoms with van der Waals surface area (Å²) >= 11 is 1.54. The molecule has 7 nitrogen and oxygen atoms in total. The molecule has 0 bridgehead atoms. The molecule has 4 aliphatic heterocycles. The van der Waals surface area contributed by atoms with Crippen LogP contribution in [0.3, 0.4) is 0 Å². The zero-order valence-electron chi connectivity index (χ0n) is 20.5. The fraction of sp³-hybridized carbons (Fsp3) is 0.414. The lowest BCUT2D eigenvalue weighted by molar-refractivity contribution is -0.153. The Hall–Kier alpha value is -3.10. The molecule has 2 aromatic rings. The first-order valence-corrected chi connectivity index (χ1v) is 13.8. The van der Waals surface area contributed by atoms with Crippen LogP contribution in [0.25, 0.3) is 10.8 Å². The number of ether oxygens (including phenoxy) is 1. The van der Waals surface area contributed by atoms with Crippen molar-refractivity contribution in [2.75, 3.05) is 31.2 Å². The van der Waals surface area contributed by atoms with Crippen molar-refractivity contribution < 1.29 is 24.2 Å². The molecule has 0 saturated carbocycles. The van der Waals surface area contributed by atoms with Crippen LogP contribution in [-0.4, -0.2) is 70.1 Å². The van der Waals surface area contributed by atoms with E-state index in [9.17, 15) is 19.5 Å². The molecule has 0 radical (unpaired) electrons. The molecule has 37 heavy (non-hydrogen) atoms. The number of hydrogen-bond donors (Lipinski definition) is 1. The number of fused-ring (bicyclic) bond motifs is 3. The van der Waals surface area contributed by atoms with E-state index in [2.05, 4.69) is 6.08 Å². The van der Waals surface area contributed by atoms with Crippen molar-refractivity contribution in [2.45, 2.75) is 35.3 Å². The molecule has 1 spiro atoms. The number of esters is 1. The van der Waals surface area contributed by atoms with Gasteiger partial charge in [-0.25, -0.2) is 0 Å². The summed E-state index contributed by atoms with van der Waals surface area (Å²) in [5, 5.41) is 11.4. The molecule has 2 amide bonds. The lowest BCUT2D eigenvalue weighted by Gasteiger charge is -2.35. The van der Waals surface area contributed by atoms with Gasteiger partial charge in [0.1, 0.15) is 6.04 Å². The fourth-order valence-electron chi connectivity index (χ4n) is 6.31. The topological polar surface area (TPSA) is 87.2 Å². The Kier molecular flexibility index (Phi) is 6.32. The zero-order valence-corrected chi connectivity index (χ0v) is 21.3. The summed E-state index contributed by atoms with van der Waals surface area (Å²) in [6.07, 6.45) is 9.98. The Morgan fingerprint density at radius 1 is 1.05 bits per heavy atom. The van der Waals surface area contributed by atoms with Gasteiger partial charge in [0.15, 0.2) is 0 Å². The third-order valence-electron chi connectivity index (χ3n) is 7.95. The van der Waals surface area contributed by atoms with Crippen molar-refractivity contribution >= 4 is 46.0 Å². The smallest absolute Gasteiger partial charge is 0.311 e. The second-order valence-corrected chi connectivity index (χ2v) is 11.6. The summed E-state index contributed by atoms with van der Waals surface area (Å²) in [6, 6.07) is 13.2. The van der Waals surface area contributed by atoms with Gasteiger partial charge in [0, 0.05) is 30.6 Å². The maximum Gasteiger partial charge on any atom is 0.311 e. The van der Waals surface area contributed by atoms with E-state index in [-0.39, 0.29) is 36.2 Å². The van der Waals surface area contributed by atoms with Crippen LogP contribution in [0.5, 0.6) is 0 Å². The number of carbonyl (C=O) groups excluding carboxylic acids is 3. The van der Waals surface area contributed by atoms with Crippen molar-refractivity contribution in [1.29, 1.82) is 0 Å². The number of rotatable bonds is 4. The number of allylic oxidation sites excluding steroid dienone is 1. The van der Waals surface area contributed by atoms with Gasteiger partial charge in [0.2, 0.25) is 5.91 Å². The highest BCUT2D eigenvalue weighted by Gasteiger charge is 2.70. The van der Waals surface area contributed by atoms with Crippen molar-refractivity contribution in [2.24, 2.45) is 11.8 Å². The Bertz CT molecular complexity index is 1310. The van der Waals surface area contributed by atoms with E-state index in [1.807, 2.05) is 60.7 Å². The normalized spacial score (nSPS) is 32.2. The average Bonchev–Trinajstić information content (AvgIpc) is 3.31. The van der Waals surface area contributed by atoms with E-state index in [0.717, 1.165) is 29.3 Å². The monoisotopic (exact) mass is 518 g/mol. The van der Waals surface area contributed by atoms with Gasteiger partial charge in [-0.1, -0.05) is 54.6 Å². The minimum atomic E-state index is -0.882. The molecule has 2 saturated heterocycles. The summed E-state index contributed by atoms with van der Waals surface area (Å²) in [4.78, 5) is 45.0. The van der Waals surface area contributed by atoms with Gasteiger partial charge >= 0.3 is 5.97 Å². The highest BCUT2D eigenvalue weighted by atomic mass is 32.2. The lowest BCUT2D eigenvalue weighted by Crippen LogP contribution is -2.53. The average molecular weight is 519 g/mol. The number of thioether (sulfide) groups is 1. The Labute approximate surface area is 220 Å². The molecule has 2 aromatic carbocycles. The molecule has 0 aliphatic carbocycles. The number of nitrogens with zero attached hydrogens (tertiary/aromatic N) is 2. The van der Waals surface area contributed by atoms with Crippen molar-refractivity contribution in [3.63, 3.8) is 0 Å². The molecule has 5 atom stereocenters. The summed E-state index contributed by atoms with van der Waals surface area (Å²) in [5.41, 5.74) is 0.771. The van der Waals surface area contributed by atoms with Crippen LogP contribution in [-0.2, 0) is 19.1 Å². The predicted octanol–water partition coefficient (Wildman–Crippen LogP) is 3.32. The van der Waals surface area contributed by atoms with Crippen molar-refractivity contribution in [3.05, 3.63) is 66.8 Å². The Morgan fingerprint density at radius 3 is 2.73 bits per heavy atom. The van der Waals surface area contributed by atoms with Crippen molar-refractivity contribution in [1.82, 2.24) is 4.90 Å². The zero-order chi connectivity index (χ0) is 25.6. The van der Waals surface area contributed by atoms with Gasteiger partial charge < -0.3 is 19.6 Å². The first kappa shape index (κ1) is 24.2. The van der Waals surface area contributed by atoms with Crippen molar-refractivity contribution in [3.8, 4) is 0 Å². The lowest BCUT2D eigenvalue weighted by atomic mass is 9.78. The predicted molar refractivity (Wildman–Crippen MR) is 143 cm³/mol. The van der Waals surface area contributed by atoms with Crippen LogP contribution in [0.1, 0.15) is 19.3 Å². The van der Waals surface area contributed by atoms with Gasteiger partial charge in [-0.15, -0.1) is 11.8 Å². The molecule has 1 unspecified atom stereocenters. The number of amides is 2. The van der Waals surface area contributed by atoms with E-state index in [1.54, 1.807) is 21.6 Å². The van der Waals surface area contributed by atoms with E-state index in [0.29, 0.717) is 19.6 Å². The molecule has 4 heterocycles. The number of anilines is 1. The maximum atomic E-state index is 14.4. The summed E-state index contributed by atoms with van der Waals surface area (Å²) in [7, 11) is 0. The van der Waals surface area contributed by atoms with Gasteiger partial charge in [0.25, 0.3) is 5.91 Å². The molecule has 4 aliphatic rings. The molecular formula is C29H30N2O5S. The molecular weight excluding hydrogens is 488 g/mol. The largest absolute Gasteiger partial charge is 0.465 e. The van der Waals surface area contributed by atoms with Crippen LogP contribution in [0.2, 0.25) is 0 Å². The number of likely N-dealkylation sites (tertiary alicyclic amines) is 1. The fourth-order valence-corrected chi connectivity index (χ4v) is 8.31. The minimum absolute atomic E-state index is 0.0867. The van der Waals surface area contributed by atoms with Crippen LogP contribution >= 0.6 is 11.8 Å². The number of benzene rings is 2. The van der Waals surface area contributed by atoms with Gasteiger partial charge in [0.05, 0.1) is 23.2 Å². The second kappa shape index (κ2) is 9.65. The number of hydrogen-bond acceptors (Lipinski definition) is 6. The second-order valence-electron chi connectivity index (χ2n) is 10.1. The highest BCUT2D eigenvalue weighted by Crippen LogP contribution is 2.60. The van der Waals surface area contributed by atoms with E-state index < -0.39 is 22.6 Å². The SMILES string of the molecule is O=C1OCCC/C=C\[C@@H]2S[C@]34C=CCN(c5ccc6ccccc6c5)C(=O)C3N(CCCO)C(=O)[C@@H]4[C@H]12. The standard InChI is InChI=1S/C29H30N2O5S/c32-16-7-15-31-25-27(34)30(21-12-11-19-8-3-4-9-20(19)18-21)14-6-13-29(25)24(26(31)33)23-22(37-29)10-2-1-5-17-36-28(23)35/h2-4,6,8-13,18,22-25,32H,1,5,7,14-17H2/b10-2-/t22-,23+,24-,25?,29-/m0/s1.